The van der Waals surface area contributed by atoms with E-state index in [1.165, 1.54) is 0 Å². The van der Waals surface area contributed by atoms with Crippen LogP contribution in [0.5, 0.6) is 0 Å². The number of hydrogen-bond acceptors (Lipinski definition) is 3. The number of esters is 1. The van der Waals surface area contributed by atoms with Gasteiger partial charge >= 0.3 is 5.97 Å². The molecule has 3 heteroatoms. The minimum Gasteiger partial charge on any atom is -0.405 e. The van der Waals surface area contributed by atoms with Gasteiger partial charge in [0.1, 0.15) is 0 Å². The van der Waals surface area contributed by atoms with Crippen LogP contribution in [0.15, 0.2) is 96.0 Å². The van der Waals surface area contributed by atoms with Gasteiger partial charge in [-0.1, -0.05) is 78.9 Å². The number of benzene rings is 3. The van der Waals surface area contributed by atoms with Crippen LogP contribution >= 0.6 is 0 Å². The molecule has 2 aliphatic rings. The molecule has 1 heterocycles. The van der Waals surface area contributed by atoms with E-state index in [9.17, 15) is 4.79 Å². The summed E-state index contributed by atoms with van der Waals surface area (Å²) in [7, 11) is 0. The van der Waals surface area contributed by atoms with Gasteiger partial charge in [0.25, 0.3) is 0 Å². The average Bonchev–Trinajstić information content (AvgIpc) is 3.27. The monoisotopic (exact) mass is 339 g/mol. The second kappa shape index (κ2) is 5.67. The maximum atomic E-state index is 13.0. The molecule has 2 atom stereocenters. The summed E-state index contributed by atoms with van der Waals surface area (Å²) in [6.45, 7) is 0. The Kier molecular flexibility index (Phi) is 3.29. The van der Waals surface area contributed by atoms with Crippen LogP contribution in [0.25, 0.3) is 0 Å². The first kappa shape index (κ1) is 15.1. The van der Waals surface area contributed by atoms with Gasteiger partial charge in [0.2, 0.25) is 5.90 Å². The smallest absolute Gasteiger partial charge is 0.342 e. The molecule has 3 aromatic carbocycles. The van der Waals surface area contributed by atoms with Crippen LogP contribution in [0.4, 0.5) is 0 Å². The van der Waals surface area contributed by atoms with E-state index in [4.69, 9.17) is 9.73 Å². The number of rotatable bonds is 3. The minimum atomic E-state index is -0.853. The lowest BCUT2D eigenvalue weighted by Crippen LogP contribution is -2.20. The topological polar surface area (TPSA) is 38.7 Å². The van der Waals surface area contributed by atoms with Crippen LogP contribution in [-0.2, 0) is 9.53 Å². The fraction of sp³-hybridized carbons (Fsp3) is 0.130. The highest BCUT2D eigenvalue weighted by Gasteiger charge is 2.74. The first-order chi connectivity index (χ1) is 12.8. The molecule has 1 aliphatic heterocycles. The van der Waals surface area contributed by atoms with E-state index >= 15 is 0 Å². The van der Waals surface area contributed by atoms with Crippen molar-refractivity contribution in [3.8, 4) is 0 Å². The van der Waals surface area contributed by atoms with Crippen molar-refractivity contribution >= 4 is 11.9 Å². The van der Waals surface area contributed by atoms with Crippen LogP contribution in [-0.4, -0.2) is 17.4 Å². The highest BCUT2D eigenvalue weighted by molar-refractivity contribution is 6.11. The van der Waals surface area contributed by atoms with Crippen molar-refractivity contribution in [1.82, 2.24) is 0 Å². The molecular formula is C23H17NO2. The van der Waals surface area contributed by atoms with Crippen molar-refractivity contribution in [2.75, 3.05) is 0 Å². The van der Waals surface area contributed by atoms with Crippen molar-refractivity contribution in [2.24, 2.45) is 4.99 Å². The second-order valence-electron chi connectivity index (χ2n) is 6.77. The first-order valence-corrected chi connectivity index (χ1v) is 8.78. The molecule has 0 amide bonds. The van der Waals surface area contributed by atoms with E-state index in [1.54, 1.807) is 0 Å². The van der Waals surface area contributed by atoms with Gasteiger partial charge in [-0.2, -0.15) is 0 Å². The van der Waals surface area contributed by atoms with Gasteiger partial charge in [-0.05, 0) is 23.3 Å². The number of ether oxygens (including phenoxy) is 1. The van der Waals surface area contributed by atoms with E-state index in [0.29, 0.717) is 5.90 Å². The van der Waals surface area contributed by atoms with Gasteiger partial charge in [0.15, 0.2) is 5.54 Å². The maximum absolute atomic E-state index is 13.0. The van der Waals surface area contributed by atoms with Crippen molar-refractivity contribution in [3.05, 3.63) is 108 Å². The summed E-state index contributed by atoms with van der Waals surface area (Å²) in [6, 6.07) is 29.9. The zero-order valence-corrected chi connectivity index (χ0v) is 14.1. The summed E-state index contributed by atoms with van der Waals surface area (Å²) in [4.78, 5) is 17.8. The molecule has 1 saturated carbocycles. The molecule has 3 aromatic rings. The molecule has 0 radical (unpaired) electrons. The Bertz CT molecular complexity index is 935. The predicted molar refractivity (Wildman–Crippen MR) is 100 cm³/mol. The van der Waals surface area contributed by atoms with Crippen molar-refractivity contribution < 1.29 is 9.53 Å². The predicted octanol–water partition coefficient (Wildman–Crippen LogP) is 4.31. The molecule has 0 aromatic heterocycles. The molecule has 0 saturated heterocycles. The molecule has 0 N–H and O–H groups in total. The van der Waals surface area contributed by atoms with E-state index < -0.39 is 5.54 Å². The minimum absolute atomic E-state index is 0.000174. The molecule has 0 unspecified atom stereocenters. The standard InChI is InChI=1S/C23H17NO2/c25-22-23(24-21(26-22)18-14-8-3-9-15-18)19(16-10-4-1-5-11-16)20(23)17-12-6-2-7-13-17/h1-15,19-20H/t19-,20-/m1/s1. The zero-order chi connectivity index (χ0) is 17.6. The Balaban J connectivity index is 1.63. The van der Waals surface area contributed by atoms with Gasteiger partial charge in [0, 0.05) is 17.4 Å². The lowest BCUT2D eigenvalue weighted by molar-refractivity contribution is -0.136. The molecule has 0 bridgehead atoms. The summed E-state index contributed by atoms with van der Waals surface area (Å²) in [5, 5.41) is 0. The third-order valence-electron chi connectivity index (χ3n) is 5.31. The van der Waals surface area contributed by atoms with Crippen LogP contribution < -0.4 is 0 Å². The zero-order valence-electron chi connectivity index (χ0n) is 14.1. The summed E-state index contributed by atoms with van der Waals surface area (Å²) in [6.07, 6.45) is 0. The van der Waals surface area contributed by atoms with Crippen LogP contribution in [0.2, 0.25) is 0 Å². The molecule has 26 heavy (non-hydrogen) atoms. The van der Waals surface area contributed by atoms with E-state index in [-0.39, 0.29) is 17.8 Å². The first-order valence-electron chi connectivity index (χ1n) is 8.78. The largest absolute Gasteiger partial charge is 0.405 e. The highest BCUT2D eigenvalue weighted by Crippen LogP contribution is 2.68. The fourth-order valence-corrected chi connectivity index (χ4v) is 4.09. The summed E-state index contributed by atoms with van der Waals surface area (Å²) in [5.41, 5.74) is 2.23. The van der Waals surface area contributed by atoms with Crippen molar-refractivity contribution in [1.29, 1.82) is 0 Å². The molecular weight excluding hydrogens is 322 g/mol. The Labute approximate surface area is 152 Å². The van der Waals surface area contributed by atoms with Crippen molar-refractivity contribution in [2.45, 2.75) is 17.4 Å². The summed E-state index contributed by atoms with van der Waals surface area (Å²) < 4.78 is 5.64. The highest BCUT2D eigenvalue weighted by atomic mass is 16.6. The van der Waals surface area contributed by atoms with E-state index in [0.717, 1.165) is 16.7 Å². The third-order valence-corrected chi connectivity index (χ3v) is 5.31. The Morgan fingerprint density at radius 1 is 0.692 bits per heavy atom. The Morgan fingerprint density at radius 2 is 1.15 bits per heavy atom. The number of nitrogens with zero attached hydrogens (tertiary/aromatic N) is 1. The summed E-state index contributed by atoms with van der Waals surface area (Å²) in [5.74, 6) is 0.175. The summed E-state index contributed by atoms with van der Waals surface area (Å²) >= 11 is 0. The van der Waals surface area contributed by atoms with Crippen LogP contribution in [0.1, 0.15) is 28.5 Å². The maximum Gasteiger partial charge on any atom is 0.342 e. The van der Waals surface area contributed by atoms with Gasteiger partial charge < -0.3 is 4.74 Å². The second-order valence-corrected chi connectivity index (χ2v) is 6.77. The quantitative estimate of drug-likeness (QED) is 0.667. The van der Waals surface area contributed by atoms with Gasteiger partial charge in [-0.25, -0.2) is 9.79 Å². The number of cyclic esters (lactones) is 1. The number of aliphatic imine (C=N–C) groups is 1. The fourth-order valence-electron chi connectivity index (χ4n) is 4.09. The molecule has 5 rings (SSSR count). The van der Waals surface area contributed by atoms with Crippen molar-refractivity contribution in [3.63, 3.8) is 0 Å². The Morgan fingerprint density at radius 3 is 1.65 bits per heavy atom. The number of hydrogen-bond donors (Lipinski definition) is 0. The molecule has 1 aliphatic carbocycles. The number of carbonyl (C=O) groups excluding carboxylic acids is 1. The molecule has 1 spiro atoms. The lowest BCUT2D eigenvalue weighted by atomic mass is 10.0. The van der Waals surface area contributed by atoms with E-state index in [2.05, 4.69) is 24.3 Å². The van der Waals surface area contributed by atoms with Gasteiger partial charge in [-0.3, -0.25) is 0 Å². The lowest BCUT2D eigenvalue weighted by Gasteiger charge is -2.02. The van der Waals surface area contributed by atoms with Gasteiger partial charge in [0.05, 0.1) is 0 Å². The SMILES string of the molecule is O=C1OC(c2ccccc2)=NC12[C@H](c1ccccc1)[C@H]2c1ccccc1. The normalized spacial score (nSPS) is 26.5. The average molecular weight is 339 g/mol. The van der Waals surface area contributed by atoms with E-state index in [1.807, 2.05) is 66.7 Å². The molecule has 1 fully saturated rings. The molecule has 126 valence electrons. The van der Waals surface area contributed by atoms with Crippen LogP contribution in [0.3, 0.4) is 0 Å². The third kappa shape index (κ3) is 2.14. The Hall–Kier alpha value is -3.20. The number of carbonyl (C=O) groups is 1. The van der Waals surface area contributed by atoms with Crippen LogP contribution in [0, 0.1) is 0 Å². The van der Waals surface area contributed by atoms with Gasteiger partial charge in [-0.15, -0.1) is 0 Å². The molecule has 3 nitrogen and oxygen atoms in total.